The quantitative estimate of drug-likeness (QED) is 0.467. The molecule has 0 spiro atoms. The normalized spacial score (nSPS) is 22.3. The Morgan fingerprint density at radius 3 is 2.61 bits per heavy atom. The molecule has 2 atom stereocenters. The summed E-state index contributed by atoms with van der Waals surface area (Å²) in [7, 11) is 1.74. The van der Waals surface area contributed by atoms with E-state index >= 15 is 0 Å². The molecule has 1 aromatic heterocycles. The Morgan fingerprint density at radius 2 is 2.04 bits per heavy atom. The number of aryl methyl sites for hydroxylation is 2. The van der Waals surface area contributed by atoms with Crippen LogP contribution in [0.1, 0.15) is 32.9 Å². The molecule has 0 aliphatic carbocycles. The lowest BCUT2D eigenvalue weighted by Crippen LogP contribution is -2.45. The van der Waals surface area contributed by atoms with E-state index in [1.54, 1.807) is 11.7 Å². The van der Waals surface area contributed by atoms with Gasteiger partial charge in [0, 0.05) is 33.2 Å². The van der Waals surface area contributed by atoms with Gasteiger partial charge < -0.3 is 10.1 Å². The van der Waals surface area contributed by atoms with E-state index in [2.05, 4.69) is 29.2 Å². The maximum atomic E-state index is 11.3. The Bertz CT molecular complexity index is 535. The van der Waals surface area contributed by atoms with Gasteiger partial charge in [0.1, 0.15) is 5.69 Å². The molecule has 8 heteroatoms. The van der Waals surface area contributed by atoms with Crippen LogP contribution in [0.15, 0.2) is 0 Å². The highest BCUT2D eigenvalue weighted by Crippen LogP contribution is 2.28. The molecule has 2 rings (SSSR count). The summed E-state index contributed by atoms with van der Waals surface area (Å²) in [6.07, 6.45) is 1.99. The Hall–Kier alpha value is -1.67. The molecular weight excluding hydrogens is 298 g/mol. The summed E-state index contributed by atoms with van der Waals surface area (Å²) in [5.74, 6) is 0.496. The molecule has 1 aromatic rings. The van der Waals surface area contributed by atoms with Gasteiger partial charge in [-0.15, -0.1) is 0 Å². The van der Waals surface area contributed by atoms with Crippen LogP contribution in [-0.4, -0.2) is 58.0 Å². The maximum absolute atomic E-state index is 11.3. The van der Waals surface area contributed by atoms with Crippen molar-refractivity contribution in [3.8, 4) is 0 Å². The SMILES string of the molecule is CCc1nn(C)c(NCCCN2CC(C)OC(C)C2)c1[N+](=O)[O-]. The van der Waals surface area contributed by atoms with Gasteiger partial charge >= 0.3 is 5.69 Å². The first kappa shape index (κ1) is 17.7. The lowest BCUT2D eigenvalue weighted by Gasteiger charge is -2.35. The molecule has 2 heterocycles. The zero-order valence-corrected chi connectivity index (χ0v) is 14.4. The van der Waals surface area contributed by atoms with Gasteiger partial charge in [-0.25, -0.2) is 4.68 Å². The number of rotatable bonds is 7. The summed E-state index contributed by atoms with van der Waals surface area (Å²) in [6, 6.07) is 0. The van der Waals surface area contributed by atoms with Crippen LogP contribution in [0.3, 0.4) is 0 Å². The van der Waals surface area contributed by atoms with Gasteiger partial charge in [-0.3, -0.25) is 15.0 Å². The second-order valence-corrected chi connectivity index (χ2v) is 6.18. The highest BCUT2D eigenvalue weighted by molar-refractivity contribution is 5.59. The molecule has 0 bridgehead atoms. The number of morpholine rings is 1. The minimum Gasteiger partial charge on any atom is -0.373 e. The number of aromatic nitrogens is 2. The number of nitrogens with zero attached hydrogens (tertiary/aromatic N) is 4. The predicted octanol–water partition coefficient (Wildman–Crippen LogP) is 1.80. The van der Waals surface area contributed by atoms with E-state index in [1.165, 1.54) is 0 Å². The van der Waals surface area contributed by atoms with Gasteiger partial charge in [-0.2, -0.15) is 5.10 Å². The number of hydrogen-bond acceptors (Lipinski definition) is 6. The lowest BCUT2D eigenvalue weighted by molar-refractivity contribution is -0.384. The summed E-state index contributed by atoms with van der Waals surface area (Å²) < 4.78 is 7.29. The molecule has 1 fully saturated rings. The molecule has 8 nitrogen and oxygen atoms in total. The van der Waals surface area contributed by atoms with Crippen LogP contribution in [0.2, 0.25) is 0 Å². The highest BCUT2D eigenvalue weighted by Gasteiger charge is 2.25. The van der Waals surface area contributed by atoms with Crippen LogP contribution < -0.4 is 5.32 Å². The third-order valence-corrected chi connectivity index (χ3v) is 4.05. The van der Waals surface area contributed by atoms with Gasteiger partial charge in [0.2, 0.25) is 5.82 Å². The third kappa shape index (κ3) is 4.42. The highest BCUT2D eigenvalue weighted by atomic mass is 16.6. The molecular formula is C15H27N5O3. The molecule has 130 valence electrons. The lowest BCUT2D eigenvalue weighted by atomic mass is 10.2. The fraction of sp³-hybridized carbons (Fsp3) is 0.800. The van der Waals surface area contributed by atoms with E-state index in [9.17, 15) is 10.1 Å². The monoisotopic (exact) mass is 325 g/mol. The van der Waals surface area contributed by atoms with E-state index in [4.69, 9.17) is 4.74 Å². The van der Waals surface area contributed by atoms with Crippen molar-refractivity contribution in [2.75, 3.05) is 31.5 Å². The number of nitro groups is 1. The Morgan fingerprint density at radius 1 is 1.39 bits per heavy atom. The summed E-state index contributed by atoms with van der Waals surface area (Å²) in [4.78, 5) is 13.3. The molecule has 1 aliphatic heterocycles. The zero-order valence-electron chi connectivity index (χ0n) is 14.4. The minimum absolute atomic E-state index is 0.101. The van der Waals surface area contributed by atoms with Crippen LogP contribution >= 0.6 is 0 Å². The van der Waals surface area contributed by atoms with E-state index in [0.29, 0.717) is 24.5 Å². The molecule has 0 radical (unpaired) electrons. The van der Waals surface area contributed by atoms with Crippen molar-refractivity contribution in [3.63, 3.8) is 0 Å². The predicted molar refractivity (Wildman–Crippen MR) is 88.8 cm³/mol. The smallest absolute Gasteiger partial charge is 0.333 e. The van der Waals surface area contributed by atoms with Gasteiger partial charge in [0.25, 0.3) is 0 Å². The fourth-order valence-corrected chi connectivity index (χ4v) is 3.17. The molecule has 23 heavy (non-hydrogen) atoms. The number of hydrogen-bond donors (Lipinski definition) is 1. The van der Waals surface area contributed by atoms with Crippen molar-refractivity contribution >= 4 is 11.5 Å². The number of nitrogens with one attached hydrogen (secondary N) is 1. The molecule has 1 aliphatic rings. The van der Waals surface area contributed by atoms with Crippen molar-refractivity contribution in [1.29, 1.82) is 0 Å². The largest absolute Gasteiger partial charge is 0.373 e. The fourth-order valence-electron chi connectivity index (χ4n) is 3.17. The van der Waals surface area contributed by atoms with Crippen LogP contribution in [-0.2, 0) is 18.2 Å². The number of anilines is 1. The summed E-state index contributed by atoms with van der Waals surface area (Å²) in [6.45, 7) is 9.57. The molecule has 2 unspecified atom stereocenters. The molecule has 0 saturated carbocycles. The molecule has 1 saturated heterocycles. The average Bonchev–Trinajstić information content (AvgIpc) is 2.79. The third-order valence-electron chi connectivity index (χ3n) is 4.05. The van der Waals surface area contributed by atoms with Crippen molar-refractivity contribution in [2.45, 2.75) is 45.8 Å². The van der Waals surface area contributed by atoms with Gasteiger partial charge in [0.15, 0.2) is 0 Å². The second kappa shape index (κ2) is 7.74. The van der Waals surface area contributed by atoms with Crippen molar-refractivity contribution in [1.82, 2.24) is 14.7 Å². The Kier molecular flexibility index (Phi) is 5.95. The first-order valence-corrected chi connectivity index (χ1v) is 8.24. The summed E-state index contributed by atoms with van der Waals surface area (Å²) >= 11 is 0. The van der Waals surface area contributed by atoms with Crippen molar-refractivity contribution in [2.24, 2.45) is 7.05 Å². The van der Waals surface area contributed by atoms with Crippen LogP contribution in [0.5, 0.6) is 0 Å². The second-order valence-electron chi connectivity index (χ2n) is 6.18. The van der Waals surface area contributed by atoms with E-state index in [1.807, 2.05) is 6.92 Å². The van der Waals surface area contributed by atoms with E-state index in [-0.39, 0.29) is 22.8 Å². The Labute approximate surface area is 136 Å². The standard InChI is InChI=1S/C15H27N5O3/c1-5-13-14(20(21)22)15(18(4)17-13)16-7-6-8-19-9-11(2)23-12(3)10-19/h11-12,16H,5-10H2,1-4H3. The summed E-state index contributed by atoms with van der Waals surface area (Å²) in [5, 5.41) is 18.7. The minimum atomic E-state index is -0.348. The van der Waals surface area contributed by atoms with Crippen LogP contribution in [0, 0.1) is 10.1 Å². The molecule has 0 amide bonds. The average molecular weight is 325 g/mol. The van der Waals surface area contributed by atoms with Crippen LogP contribution in [0.4, 0.5) is 11.5 Å². The van der Waals surface area contributed by atoms with E-state index < -0.39 is 0 Å². The summed E-state index contributed by atoms with van der Waals surface area (Å²) in [5.41, 5.74) is 0.624. The zero-order chi connectivity index (χ0) is 17.0. The van der Waals surface area contributed by atoms with E-state index in [0.717, 1.165) is 26.1 Å². The molecule has 0 aromatic carbocycles. The van der Waals surface area contributed by atoms with Gasteiger partial charge in [0.05, 0.1) is 17.1 Å². The topological polar surface area (TPSA) is 85.5 Å². The van der Waals surface area contributed by atoms with Crippen molar-refractivity contribution in [3.05, 3.63) is 15.8 Å². The Balaban J connectivity index is 1.87. The van der Waals surface area contributed by atoms with Crippen LogP contribution in [0.25, 0.3) is 0 Å². The van der Waals surface area contributed by atoms with Crippen molar-refractivity contribution < 1.29 is 9.66 Å². The first-order valence-electron chi connectivity index (χ1n) is 8.24. The number of ether oxygens (including phenoxy) is 1. The molecule has 1 N–H and O–H groups in total. The van der Waals surface area contributed by atoms with Gasteiger partial charge in [-0.1, -0.05) is 6.92 Å². The first-order chi connectivity index (χ1) is 10.9. The maximum Gasteiger partial charge on any atom is 0.333 e. The van der Waals surface area contributed by atoms with Gasteiger partial charge in [-0.05, 0) is 26.7 Å².